The van der Waals surface area contributed by atoms with Crippen molar-refractivity contribution in [2.75, 3.05) is 5.32 Å². The summed E-state index contributed by atoms with van der Waals surface area (Å²) in [6.07, 6.45) is -16.9. The van der Waals surface area contributed by atoms with Gasteiger partial charge in [0.05, 0.1) is 47.3 Å². The first-order valence-electron chi connectivity index (χ1n) is 7.96. The van der Waals surface area contributed by atoms with Gasteiger partial charge in [-0.25, -0.2) is 0 Å². The highest BCUT2D eigenvalue weighted by Crippen LogP contribution is 2.55. The van der Waals surface area contributed by atoms with Crippen molar-refractivity contribution in [1.82, 2.24) is 0 Å². The molecule has 0 unspecified atom stereocenters. The number of hydrogen-bond donors (Lipinski definition) is 1. The standard InChI is InChI=1S/C15H2Cl4F9N3O4/c16-6-2(13(20,21)22)1-3(30(32)33)10(12(6)31(34)35)29-11-8(18)4(14(23,24)25)7(17)5(9(11)19)15(26,27)28/h1,29H. The maximum absolute atomic E-state index is 13.4. The quantitative estimate of drug-likeness (QED) is 0.215. The molecule has 0 atom stereocenters. The van der Waals surface area contributed by atoms with Crippen LogP contribution in [0.3, 0.4) is 0 Å². The molecule has 0 aromatic heterocycles. The van der Waals surface area contributed by atoms with Crippen LogP contribution in [0.4, 0.5) is 62.3 Å². The van der Waals surface area contributed by atoms with E-state index in [1.165, 1.54) is 5.32 Å². The average molecular weight is 601 g/mol. The van der Waals surface area contributed by atoms with E-state index >= 15 is 0 Å². The van der Waals surface area contributed by atoms with Gasteiger partial charge in [0.1, 0.15) is 5.02 Å². The summed E-state index contributed by atoms with van der Waals surface area (Å²) in [6.45, 7) is 0. The van der Waals surface area contributed by atoms with E-state index in [1.807, 2.05) is 0 Å². The maximum atomic E-state index is 13.4. The Bertz CT molecular complexity index is 1210. The number of nitrogens with zero attached hydrogens (tertiary/aromatic N) is 2. The summed E-state index contributed by atoms with van der Waals surface area (Å²) < 4.78 is 120. The Labute approximate surface area is 205 Å². The van der Waals surface area contributed by atoms with Crippen LogP contribution in [0.5, 0.6) is 0 Å². The van der Waals surface area contributed by atoms with Gasteiger partial charge in [-0.15, -0.1) is 0 Å². The highest BCUT2D eigenvalue weighted by Gasteiger charge is 2.47. The first-order chi connectivity index (χ1) is 15.6. The molecule has 20 heteroatoms. The molecule has 35 heavy (non-hydrogen) atoms. The van der Waals surface area contributed by atoms with Gasteiger partial charge >= 0.3 is 29.9 Å². The minimum absolute atomic E-state index is 0.329. The third-order valence-electron chi connectivity index (χ3n) is 4.04. The summed E-state index contributed by atoms with van der Waals surface area (Å²) in [5.74, 6) is 0. The van der Waals surface area contributed by atoms with Gasteiger partial charge in [-0.3, -0.25) is 20.2 Å². The van der Waals surface area contributed by atoms with E-state index in [2.05, 4.69) is 0 Å². The first-order valence-corrected chi connectivity index (χ1v) is 9.47. The van der Waals surface area contributed by atoms with Gasteiger partial charge in [0.25, 0.3) is 0 Å². The summed E-state index contributed by atoms with van der Waals surface area (Å²) in [5, 5.41) is 16.9. The lowest BCUT2D eigenvalue weighted by Gasteiger charge is -2.22. The second-order valence-corrected chi connectivity index (χ2v) is 7.69. The van der Waals surface area contributed by atoms with E-state index in [9.17, 15) is 59.7 Å². The molecule has 7 nitrogen and oxygen atoms in total. The lowest BCUT2D eigenvalue weighted by molar-refractivity contribution is -0.392. The Morgan fingerprint density at radius 1 is 0.657 bits per heavy atom. The molecule has 2 aromatic rings. The Kier molecular flexibility index (Phi) is 7.59. The van der Waals surface area contributed by atoms with Crippen molar-refractivity contribution in [3.63, 3.8) is 0 Å². The largest absolute Gasteiger partial charge is 0.419 e. The van der Waals surface area contributed by atoms with Gasteiger partial charge in [-0.2, -0.15) is 39.5 Å². The molecule has 0 spiro atoms. The lowest BCUT2D eigenvalue weighted by atomic mass is 10.1. The molecule has 0 bridgehead atoms. The van der Waals surface area contributed by atoms with Crippen LogP contribution in [0.15, 0.2) is 6.07 Å². The van der Waals surface area contributed by atoms with E-state index in [4.69, 9.17) is 46.4 Å². The van der Waals surface area contributed by atoms with Crippen LogP contribution in [-0.4, -0.2) is 9.85 Å². The number of rotatable bonds is 4. The Balaban J connectivity index is 3.09. The second kappa shape index (κ2) is 9.22. The molecule has 0 fully saturated rings. The third-order valence-corrected chi connectivity index (χ3v) is 5.55. The molecule has 0 saturated heterocycles. The van der Waals surface area contributed by atoms with Gasteiger partial charge < -0.3 is 5.32 Å². The van der Waals surface area contributed by atoms with Gasteiger partial charge in [0.2, 0.25) is 0 Å². The summed E-state index contributed by atoms with van der Waals surface area (Å²) in [7, 11) is 0. The lowest BCUT2D eigenvalue weighted by Crippen LogP contribution is -2.16. The Morgan fingerprint density at radius 2 is 1.09 bits per heavy atom. The smallest absolute Gasteiger partial charge is 0.342 e. The molecular weight excluding hydrogens is 599 g/mol. The number of nitro benzene ring substituents is 2. The van der Waals surface area contributed by atoms with Crippen LogP contribution in [0.25, 0.3) is 0 Å². The number of benzene rings is 2. The second-order valence-electron chi connectivity index (χ2n) is 6.18. The van der Waals surface area contributed by atoms with Gasteiger partial charge in [-0.1, -0.05) is 46.4 Å². The van der Waals surface area contributed by atoms with Crippen molar-refractivity contribution in [2.45, 2.75) is 18.5 Å². The molecule has 192 valence electrons. The monoisotopic (exact) mass is 599 g/mol. The first kappa shape index (κ1) is 28.8. The summed E-state index contributed by atoms with van der Waals surface area (Å²) in [4.78, 5) is 19.4. The number of hydrogen-bond acceptors (Lipinski definition) is 5. The molecule has 0 aliphatic heterocycles. The molecular formula is C15H2Cl4F9N3O4. The van der Waals surface area contributed by atoms with Crippen molar-refractivity contribution < 1.29 is 49.4 Å². The fourth-order valence-corrected chi connectivity index (χ4v) is 4.23. The topological polar surface area (TPSA) is 98.3 Å². The number of anilines is 2. The van der Waals surface area contributed by atoms with Crippen molar-refractivity contribution >= 4 is 69.2 Å². The van der Waals surface area contributed by atoms with Crippen molar-refractivity contribution in [2.24, 2.45) is 0 Å². The molecule has 0 amide bonds. The maximum Gasteiger partial charge on any atom is 0.419 e. The predicted molar refractivity (Wildman–Crippen MR) is 105 cm³/mol. The van der Waals surface area contributed by atoms with Crippen LogP contribution < -0.4 is 5.32 Å². The Morgan fingerprint density at radius 3 is 1.40 bits per heavy atom. The van der Waals surface area contributed by atoms with E-state index in [1.54, 1.807) is 0 Å². The third kappa shape index (κ3) is 5.39. The zero-order valence-electron chi connectivity index (χ0n) is 15.5. The molecule has 1 N–H and O–H groups in total. The van der Waals surface area contributed by atoms with Crippen molar-refractivity contribution in [3.8, 4) is 0 Å². The van der Waals surface area contributed by atoms with Crippen LogP contribution in [0.2, 0.25) is 20.1 Å². The van der Waals surface area contributed by atoms with Crippen LogP contribution in [0.1, 0.15) is 16.7 Å². The molecule has 2 aromatic carbocycles. The molecule has 0 heterocycles. The van der Waals surface area contributed by atoms with Crippen LogP contribution in [0, 0.1) is 20.2 Å². The summed E-state index contributed by atoms with van der Waals surface area (Å²) >= 11 is 21.6. The fourth-order valence-electron chi connectivity index (χ4n) is 2.67. The normalized spacial score (nSPS) is 12.6. The van der Waals surface area contributed by atoms with Crippen LogP contribution >= 0.6 is 46.4 Å². The molecule has 0 radical (unpaired) electrons. The average Bonchev–Trinajstić information content (AvgIpc) is 2.60. The molecule has 2 rings (SSSR count). The van der Waals surface area contributed by atoms with Crippen molar-refractivity contribution in [1.29, 1.82) is 0 Å². The molecule has 0 aliphatic carbocycles. The van der Waals surface area contributed by atoms with Crippen molar-refractivity contribution in [3.05, 3.63) is 63.1 Å². The number of halogens is 13. The molecule has 0 saturated carbocycles. The zero-order valence-corrected chi connectivity index (χ0v) is 18.5. The summed E-state index contributed by atoms with van der Waals surface area (Å²) in [6, 6.07) is -0.329. The zero-order chi connectivity index (χ0) is 27.4. The minimum Gasteiger partial charge on any atom is -0.342 e. The number of nitrogens with one attached hydrogen (secondary N) is 1. The predicted octanol–water partition coefficient (Wildman–Crippen LogP) is 8.92. The van der Waals surface area contributed by atoms with Gasteiger partial charge in [0, 0.05) is 6.07 Å². The van der Waals surface area contributed by atoms with Crippen LogP contribution in [-0.2, 0) is 18.5 Å². The Hall–Kier alpha value is -2.43. The highest BCUT2D eigenvalue weighted by molar-refractivity contribution is 6.44. The fraction of sp³-hybridized carbons (Fsp3) is 0.200. The SMILES string of the molecule is O=[N+]([O-])c1cc(C(F)(F)F)c(Cl)c([N+](=O)[O-])c1Nc1c(Cl)c(C(F)(F)F)c(Cl)c(C(F)(F)F)c1Cl. The summed E-state index contributed by atoms with van der Waals surface area (Å²) in [5.41, 5.74) is -13.8. The number of nitro groups is 2. The van der Waals surface area contributed by atoms with Gasteiger partial charge in [-0.05, 0) is 0 Å². The van der Waals surface area contributed by atoms with E-state index in [-0.39, 0.29) is 6.07 Å². The van der Waals surface area contributed by atoms with E-state index < -0.39 is 87.9 Å². The van der Waals surface area contributed by atoms with E-state index in [0.717, 1.165) is 0 Å². The van der Waals surface area contributed by atoms with Gasteiger partial charge in [0.15, 0.2) is 5.69 Å². The highest BCUT2D eigenvalue weighted by atomic mass is 35.5. The minimum atomic E-state index is -5.69. The number of alkyl halides is 9. The molecule has 0 aliphatic rings. The van der Waals surface area contributed by atoms with E-state index in [0.29, 0.717) is 0 Å².